The number of aryl methyl sites for hydroxylation is 1. The van der Waals surface area contributed by atoms with Crippen LogP contribution in [0.25, 0.3) is 0 Å². The molecular formula is C11H9BrClN3. The predicted molar refractivity (Wildman–Crippen MR) is 69.2 cm³/mol. The number of anilines is 2. The summed E-state index contributed by atoms with van der Waals surface area (Å²) < 4.78 is 1.05. The third-order valence-electron chi connectivity index (χ3n) is 2.08. The molecule has 0 aliphatic carbocycles. The van der Waals surface area contributed by atoms with E-state index in [0.717, 1.165) is 15.7 Å². The van der Waals surface area contributed by atoms with E-state index in [1.165, 1.54) is 0 Å². The molecule has 82 valence electrons. The minimum atomic E-state index is 0.236. The van der Waals surface area contributed by atoms with Crippen molar-refractivity contribution in [3.05, 3.63) is 45.8 Å². The second kappa shape index (κ2) is 4.80. The molecule has 0 unspecified atom stereocenters. The van der Waals surface area contributed by atoms with Crippen LogP contribution in [0.5, 0.6) is 0 Å². The summed E-state index contributed by atoms with van der Waals surface area (Å²) in [4.78, 5) is 7.89. The van der Waals surface area contributed by atoms with Crippen molar-refractivity contribution in [2.45, 2.75) is 6.92 Å². The molecule has 2 rings (SSSR count). The summed E-state index contributed by atoms with van der Waals surface area (Å²) in [6, 6.07) is 7.76. The molecule has 0 aliphatic rings. The summed E-state index contributed by atoms with van der Waals surface area (Å²) in [7, 11) is 0. The minimum Gasteiger partial charge on any atom is -0.340 e. The molecule has 0 saturated carbocycles. The van der Waals surface area contributed by atoms with Gasteiger partial charge in [-0.2, -0.15) is 0 Å². The molecule has 5 heteroatoms. The highest BCUT2D eigenvalue weighted by Gasteiger charge is 2.01. The molecule has 0 saturated heterocycles. The molecule has 1 aromatic heterocycles. The van der Waals surface area contributed by atoms with E-state index < -0.39 is 0 Å². The topological polar surface area (TPSA) is 37.8 Å². The first-order valence-electron chi connectivity index (χ1n) is 4.67. The number of hydrogen-bond donors (Lipinski definition) is 1. The van der Waals surface area contributed by atoms with E-state index in [9.17, 15) is 0 Å². The van der Waals surface area contributed by atoms with Gasteiger partial charge in [0.25, 0.3) is 0 Å². The first-order valence-corrected chi connectivity index (χ1v) is 5.84. The number of hydrogen-bond acceptors (Lipinski definition) is 3. The first kappa shape index (κ1) is 11.4. The largest absolute Gasteiger partial charge is 0.340 e. The zero-order valence-electron chi connectivity index (χ0n) is 8.54. The molecule has 0 spiro atoms. The van der Waals surface area contributed by atoms with Crippen molar-refractivity contribution in [2.75, 3.05) is 5.32 Å². The number of nitrogens with one attached hydrogen (secondary N) is 1. The Bertz CT molecular complexity index is 516. The molecular weight excluding hydrogens is 289 g/mol. The van der Waals surface area contributed by atoms with Gasteiger partial charge >= 0.3 is 0 Å². The van der Waals surface area contributed by atoms with E-state index in [2.05, 4.69) is 31.2 Å². The standard InChI is InChI=1S/C11H9BrClN3/c1-7-6-8(12)2-3-9(7)15-10-4-5-14-11(13)16-10/h2-6H,1H3,(H,14,15,16). The maximum Gasteiger partial charge on any atom is 0.224 e. The van der Waals surface area contributed by atoms with Crippen LogP contribution in [0.2, 0.25) is 5.28 Å². The quantitative estimate of drug-likeness (QED) is 0.853. The number of nitrogens with zero attached hydrogens (tertiary/aromatic N) is 2. The van der Waals surface area contributed by atoms with Crippen LogP contribution in [-0.2, 0) is 0 Å². The Morgan fingerprint density at radius 1 is 1.31 bits per heavy atom. The Kier molecular flexibility index (Phi) is 3.41. The molecule has 0 fully saturated rings. The molecule has 16 heavy (non-hydrogen) atoms. The fraction of sp³-hybridized carbons (Fsp3) is 0.0909. The van der Waals surface area contributed by atoms with Crippen molar-refractivity contribution < 1.29 is 0 Å². The second-order valence-corrected chi connectivity index (χ2v) is 4.55. The summed E-state index contributed by atoms with van der Waals surface area (Å²) in [5, 5.41) is 3.42. The fourth-order valence-corrected chi connectivity index (χ4v) is 1.93. The van der Waals surface area contributed by atoms with Crippen molar-refractivity contribution in [2.24, 2.45) is 0 Å². The molecule has 0 radical (unpaired) electrons. The predicted octanol–water partition coefficient (Wildman–Crippen LogP) is 3.94. The van der Waals surface area contributed by atoms with E-state index in [1.54, 1.807) is 12.3 Å². The van der Waals surface area contributed by atoms with E-state index in [0.29, 0.717) is 5.82 Å². The summed E-state index contributed by atoms with van der Waals surface area (Å²) in [5.41, 5.74) is 2.13. The lowest BCUT2D eigenvalue weighted by Gasteiger charge is -2.08. The van der Waals surface area contributed by atoms with Crippen molar-refractivity contribution in [1.29, 1.82) is 0 Å². The van der Waals surface area contributed by atoms with Crippen molar-refractivity contribution in [3.8, 4) is 0 Å². The number of aromatic nitrogens is 2. The molecule has 0 bridgehead atoms. The maximum atomic E-state index is 5.71. The van der Waals surface area contributed by atoms with Crippen LogP contribution in [0.3, 0.4) is 0 Å². The number of halogens is 2. The highest BCUT2D eigenvalue weighted by atomic mass is 79.9. The fourth-order valence-electron chi connectivity index (χ4n) is 1.31. The Morgan fingerprint density at radius 3 is 2.81 bits per heavy atom. The van der Waals surface area contributed by atoms with Crippen LogP contribution in [0.15, 0.2) is 34.9 Å². The Balaban J connectivity index is 2.27. The Labute approximate surface area is 107 Å². The molecule has 0 aliphatic heterocycles. The molecule has 0 amide bonds. The first-order chi connectivity index (χ1) is 7.65. The summed E-state index contributed by atoms with van der Waals surface area (Å²) in [6.07, 6.45) is 1.62. The average Bonchev–Trinajstić information content (AvgIpc) is 2.22. The van der Waals surface area contributed by atoms with Crippen LogP contribution in [0.1, 0.15) is 5.56 Å². The van der Waals surface area contributed by atoms with E-state index >= 15 is 0 Å². The SMILES string of the molecule is Cc1cc(Br)ccc1Nc1ccnc(Cl)n1. The minimum absolute atomic E-state index is 0.236. The van der Waals surface area contributed by atoms with Gasteiger partial charge in [0.05, 0.1) is 0 Å². The highest BCUT2D eigenvalue weighted by Crippen LogP contribution is 2.23. The summed E-state index contributed by atoms with van der Waals surface area (Å²) >= 11 is 9.13. The lowest BCUT2D eigenvalue weighted by Crippen LogP contribution is -1.96. The second-order valence-electron chi connectivity index (χ2n) is 3.30. The van der Waals surface area contributed by atoms with Crippen LogP contribution in [0, 0.1) is 6.92 Å². The van der Waals surface area contributed by atoms with Crippen LogP contribution >= 0.6 is 27.5 Å². The van der Waals surface area contributed by atoms with Gasteiger partial charge in [-0.3, -0.25) is 0 Å². The average molecular weight is 299 g/mol. The zero-order valence-corrected chi connectivity index (χ0v) is 10.9. The van der Waals surface area contributed by atoms with E-state index in [4.69, 9.17) is 11.6 Å². The van der Waals surface area contributed by atoms with Gasteiger partial charge in [-0.1, -0.05) is 15.9 Å². The lowest BCUT2D eigenvalue weighted by molar-refractivity contribution is 1.16. The summed E-state index contributed by atoms with van der Waals surface area (Å²) in [5.74, 6) is 0.686. The van der Waals surface area contributed by atoms with Crippen molar-refractivity contribution >= 4 is 39.0 Å². The number of rotatable bonds is 2. The molecule has 2 aromatic rings. The lowest BCUT2D eigenvalue weighted by atomic mass is 10.2. The highest BCUT2D eigenvalue weighted by molar-refractivity contribution is 9.10. The van der Waals surface area contributed by atoms with Gasteiger partial charge in [-0.25, -0.2) is 9.97 Å². The van der Waals surface area contributed by atoms with Crippen LogP contribution < -0.4 is 5.32 Å². The van der Waals surface area contributed by atoms with Crippen molar-refractivity contribution in [3.63, 3.8) is 0 Å². The van der Waals surface area contributed by atoms with Crippen LogP contribution in [-0.4, -0.2) is 9.97 Å². The van der Waals surface area contributed by atoms with Gasteiger partial charge in [0.1, 0.15) is 5.82 Å². The van der Waals surface area contributed by atoms with Gasteiger partial charge in [-0.15, -0.1) is 0 Å². The number of benzene rings is 1. The van der Waals surface area contributed by atoms with Crippen LogP contribution in [0.4, 0.5) is 11.5 Å². The molecule has 1 heterocycles. The molecule has 1 aromatic carbocycles. The van der Waals surface area contributed by atoms with Gasteiger partial charge in [0, 0.05) is 16.4 Å². The Morgan fingerprint density at radius 2 is 2.12 bits per heavy atom. The zero-order chi connectivity index (χ0) is 11.5. The third kappa shape index (κ3) is 2.71. The maximum absolute atomic E-state index is 5.71. The smallest absolute Gasteiger partial charge is 0.224 e. The van der Waals surface area contributed by atoms with Gasteiger partial charge in [0.2, 0.25) is 5.28 Å². The normalized spacial score (nSPS) is 10.2. The van der Waals surface area contributed by atoms with E-state index in [1.807, 2.05) is 25.1 Å². The Hall–Kier alpha value is -1.13. The molecule has 0 atom stereocenters. The summed E-state index contributed by atoms with van der Waals surface area (Å²) in [6.45, 7) is 2.02. The van der Waals surface area contributed by atoms with Crippen molar-refractivity contribution in [1.82, 2.24) is 9.97 Å². The molecule has 1 N–H and O–H groups in total. The van der Waals surface area contributed by atoms with E-state index in [-0.39, 0.29) is 5.28 Å². The van der Waals surface area contributed by atoms with Gasteiger partial charge in [-0.05, 0) is 48.4 Å². The third-order valence-corrected chi connectivity index (χ3v) is 2.75. The van der Waals surface area contributed by atoms with Gasteiger partial charge < -0.3 is 5.32 Å². The van der Waals surface area contributed by atoms with Gasteiger partial charge in [0.15, 0.2) is 0 Å². The monoisotopic (exact) mass is 297 g/mol. The molecule has 3 nitrogen and oxygen atoms in total.